The Labute approximate surface area is 190 Å². The van der Waals surface area contributed by atoms with Crippen molar-refractivity contribution >= 4 is 39.9 Å². The maximum absolute atomic E-state index is 12.9. The standard InChI is InChI=1S/C22H16ClN3O5S/c1-12(27)31-17-8-5-14(10-18(17)30-2)11-19-21(29)26-22(32-19)24-20(28)16(25-26)9-13-3-6-15(23)7-4-13/h3-8,10-11H,9H2,1-2H3/b19-11-. The van der Waals surface area contributed by atoms with Gasteiger partial charge in [-0.25, -0.2) is 0 Å². The van der Waals surface area contributed by atoms with Gasteiger partial charge >= 0.3 is 5.97 Å². The SMILES string of the molecule is COc1cc(/C=c2\sc3nc(=O)c(Cc4ccc(Cl)cc4)nn3c2=O)ccc1OC(C)=O. The van der Waals surface area contributed by atoms with E-state index in [0.717, 1.165) is 21.4 Å². The number of thiazole rings is 1. The molecule has 162 valence electrons. The zero-order valence-electron chi connectivity index (χ0n) is 17.0. The van der Waals surface area contributed by atoms with E-state index in [9.17, 15) is 14.4 Å². The fraction of sp³-hybridized carbons (Fsp3) is 0.136. The third-order valence-corrected chi connectivity index (χ3v) is 5.69. The number of fused-ring (bicyclic) bond motifs is 1. The molecule has 2 aromatic heterocycles. The van der Waals surface area contributed by atoms with Gasteiger partial charge in [0.05, 0.1) is 11.6 Å². The highest BCUT2D eigenvalue weighted by Gasteiger charge is 2.13. The van der Waals surface area contributed by atoms with Crippen LogP contribution in [0.5, 0.6) is 11.5 Å². The third-order valence-electron chi connectivity index (χ3n) is 4.47. The van der Waals surface area contributed by atoms with Crippen LogP contribution >= 0.6 is 22.9 Å². The van der Waals surface area contributed by atoms with Gasteiger partial charge in [0, 0.05) is 18.4 Å². The molecule has 0 amide bonds. The highest BCUT2D eigenvalue weighted by molar-refractivity contribution is 7.15. The lowest BCUT2D eigenvalue weighted by atomic mass is 10.1. The number of hydrogen-bond acceptors (Lipinski definition) is 8. The summed E-state index contributed by atoms with van der Waals surface area (Å²) in [7, 11) is 1.45. The molecule has 2 aromatic carbocycles. The van der Waals surface area contributed by atoms with Crippen LogP contribution in [0.4, 0.5) is 0 Å². The van der Waals surface area contributed by atoms with Crippen molar-refractivity contribution in [2.24, 2.45) is 0 Å². The third kappa shape index (κ3) is 4.53. The van der Waals surface area contributed by atoms with Gasteiger partial charge in [-0.3, -0.25) is 14.4 Å². The number of halogens is 1. The molecule has 0 saturated heterocycles. The second-order valence-corrected chi connectivity index (χ2v) is 8.23. The fourth-order valence-corrected chi connectivity index (χ4v) is 4.04. The lowest BCUT2D eigenvalue weighted by Gasteiger charge is -2.08. The molecule has 0 N–H and O–H groups in total. The van der Waals surface area contributed by atoms with Crippen LogP contribution in [0, 0.1) is 0 Å². The minimum atomic E-state index is -0.486. The quantitative estimate of drug-likeness (QED) is 0.326. The molecule has 4 rings (SSSR count). The maximum atomic E-state index is 12.9. The first-order chi connectivity index (χ1) is 15.3. The molecule has 0 fully saturated rings. The van der Waals surface area contributed by atoms with Crippen LogP contribution < -0.4 is 25.1 Å². The summed E-state index contributed by atoms with van der Waals surface area (Å²) in [4.78, 5) is 40.7. The molecule has 2 heterocycles. The molecule has 0 bridgehead atoms. The average molecular weight is 470 g/mol. The van der Waals surface area contributed by atoms with Gasteiger partial charge in [0.1, 0.15) is 5.69 Å². The van der Waals surface area contributed by atoms with Gasteiger partial charge in [-0.15, -0.1) is 0 Å². The van der Waals surface area contributed by atoms with Crippen LogP contribution in [-0.4, -0.2) is 27.7 Å². The number of nitrogens with zero attached hydrogens (tertiary/aromatic N) is 3. The normalized spacial score (nSPS) is 11.7. The Hall–Kier alpha value is -3.56. The Kier molecular flexibility index (Phi) is 6.02. The molecule has 4 aromatic rings. The summed E-state index contributed by atoms with van der Waals surface area (Å²) in [6.45, 7) is 1.29. The number of carbonyl (C=O) groups is 1. The van der Waals surface area contributed by atoms with E-state index in [1.807, 2.05) is 0 Å². The van der Waals surface area contributed by atoms with Crippen LogP contribution in [0.25, 0.3) is 11.0 Å². The first-order valence-electron chi connectivity index (χ1n) is 9.39. The summed E-state index contributed by atoms with van der Waals surface area (Å²) in [6.07, 6.45) is 1.86. The zero-order valence-corrected chi connectivity index (χ0v) is 18.6. The van der Waals surface area contributed by atoms with Crippen molar-refractivity contribution in [1.29, 1.82) is 0 Å². The first-order valence-corrected chi connectivity index (χ1v) is 10.6. The van der Waals surface area contributed by atoms with Crippen LogP contribution in [0.15, 0.2) is 52.1 Å². The molecule has 32 heavy (non-hydrogen) atoms. The number of rotatable bonds is 5. The number of ether oxygens (including phenoxy) is 2. The van der Waals surface area contributed by atoms with Crippen molar-refractivity contribution in [3.05, 3.63) is 89.5 Å². The van der Waals surface area contributed by atoms with Gasteiger partial charge in [0.25, 0.3) is 11.1 Å². The van der Waals surface area contributed by atoms with Crippen LogP contribution in [0.3, 0.4) is 0 Å². The second-order valence-electron chi connectivity index (χ2n) is 6.78. The van der Waals surface area contributed by atoms with Crippen LogP contribution in [0.2, 0.25) is 5.02 Å². The van der Waals surface area contributed by atoms with Gasteiger partial charge in [-0.05, 0) is 41.5 Å². The topological polar surface area (TPSA) is 99.9 Å². The summed E-state index contributed by atoms with van der Waals surface area (Å²) in [6, 6.07) is 11.9. The Bertz CT molecular complexity index is 1500. The molecule has 0 radical (unpaired) electrons. The lowest BCUT2D eigenvalue weighted by Crippen LogP contribution is -2.28. The van der Waals surface area contributed by atoms with E-state index in [2.05, 4.69) is 10.1 Å². The van der Waals surface area contributed by atoms with E-state index in [0.29, 0.717) is 20.9 Å². The van der Waals surface area contributed by atoms with E-state index in [1.54, 1.807) is 48.5 Å². The maximum Gasteiger partial charge on any atom is 0.308 e. The Balaban J connectivity index is 1.74. The molecule has 0 spiro atoms. The number of aromatic nitrogens is 3. The molecule has 8 nitrogen and oxygen atoms in total. The van der Waals surface area contributed by atoms with Gasteiger partial charge in [0.2, 0.25) is 4.96 Å². The molecule has 10 heteroatoms. The number of benzene rings is 2. The lowest BCUT2D eigenvalue weighted by molar-refractivity contribution is -0.132. The molecule has 0 saturated carbocycles. The van der Waals surface area contributed by atoms with Crippen LogP contribution in [0.1, 0.15) is 23.7 Å². The largest absolute Gasteiger partial charge is 0.493 e. The second kappa shape index (κ2) is 8.89. The van der Waals surface area contributed by atoms with Crippen molar-refractivity contribution in [2.75, 3.05) is 7.11 Å². The first kappa shape index (κ1) is 21.7. The minimum absolute atomic E-state index is 0.165. The van der Waals surface area contributed by atoms with Crippen molar-refractivity contribution < 1.29 is 14.3 Å². The number of methoxy groups -OCH3 is 1. The highest BCUT2D eigenvalue weighted by atomic mass is 35.5. The van der Waals surface area contributed by atoms with Crippen molar-refractivity contribution in [2.45, 2.75) is 13.3 Å². The van der Waals surface area contributed by atoms with Crippen molar-refractivity contribution in [1.82, 2.24) is 14.6 Å². The average Bonchev–Trinajstić information content (AvgIpc) is 3.05. The van der Waals surface area contributed by atoms with E-state index in [1.165, 1.54) is 14.0 Å². The summed E-state index contributed by atoms with van der Waals surface area (Å²) in [5.41, 5.74) is 0.762. The summed E-state index contributed by atoms with van der Waals surface area (Å²) in [5, 5.41) is 4.83. The fourth-order valence-electron chi connectivity index (χ4n) is 3.01. The van der Waals surface area contributed by atoms with Gasteiger partial charge in [0.15, 0.2) is 11.5 Å². The molecular weight excluding hydrogens is 454 g/mol. The smallest absolute Gasteiger partial charge is 0.308 e. The minimum Gasteiger partial charge on any atom is -0.493 e. The van der Waals surface area contributed by atoms with Crippen molar-refractivity contribution in [3.8, 4) is 11.5 Å². The van der Waals surface area contributed by atoms with E-state index in [-0.39, 0.29) is 22.8 Å². The molecule has 0 aliphatic heterocycles. The highest BCUT2D eigenvalue weighted by Crippen LogP contribution is 2.28. The molecule has 0 atom stereocenters. The number of carbonyl (C=O) groups excluding carboxylic acids is 1. The molecule has 0 unspecified atom stereocenters. The number of hydrogen-bond donors (Lipinski definition) is 0. The monoisotopic (exact) mass is 469 g/mol. The van der Waals surface area contributed by atoms with E-state index < -0.39 is 17.1 Å². The Morgan fingerprint density at radius 2 is 1.91 bits per heavy atom. The predicted molar refractivity (Wildman–Crippen MR) is 121 cm³/mol. The van der Waals surface area contributed by atoms with Gasteiger partial charge < -0.3 is 9.47 Å². The van der Waals surface area contributed by atoms with Crippen molar-refractivity contribution in [3.63, 3.8) is 0 Å². The zero-order chi connectivity index (χ0) is 22.8. The van der Waals surface area contributed by atoms with E-state index >= 15 is 0 Å². The molecule has 0 aliphatic carbocycles. The summed E-state index contributed by atoms with van der Waals surface area (Å²) in [5.74, 6) is 0.151. The Morgan fingerprint density at radius 1 is 1.16 bits per heavy atom. The predicted octanol–water partition coefficient (Wildman–Crippen LogP) is 2.24. The summed E-state index contributed by atoms with van der Waals surface area (Å²) < 4.78 is 11.8. The Morgan fingerprint density at radius 3 is 2.59 bits per heavy atom. The van der Waals surface area contributed by atoms with Gasteiger partial charge in [-0.2, -0.15) is 14.6 Å². The van der Waals surface area contributed by atoms with E-state index in [4.69, 9.17) is 21.1 Å². The molecule has 0 aliphatic rings. The molecular formula is C22H16ClN3O5S. The van der Waals surface area contributed by atoms with Gasteiger partial charge in [-0.1, -0.05) is 41.1 Å². The number of esters is 1. The van der Waals surface area contributed by atoms with Crippen LogP contribution in [-0.2, 0) is 11.2 Å². The summed E-state index contributed by atoms with van der Waals surface area (Å²) >= 11 is 6.95.